The van der Waals surface area contributed by atoms with Crippen LogP contribution in [0.25, 0.3) is 0 Å². The van der Waals surface area contributed by atoms with Gasteiger partial charge in [-0.3, -0.25) is 4.79 Å². The van der Waals surface area contributed by atoms with Gasteiger partial charge in [-0.25, -0.2) is 9.78 Å². The minimum Gasteiger partial charge on any atom is -0.444 e. The van der Waals surface area contributed by atoms with Crippen LogP contribution >= 0.6 is 0 Å². The molecule has 28 heavy (non-hydrogen) atoms. The van der Waals surface area contributed by atoms with Crippen molar-refractivity contribution in [1.29, 1.82) is 0 Å². The molecule has 0 fully saturated rings. The van der Waals surface area contributed by atoms with Crippen molar-refractivity contribution in [2.75, 3.05) is 24.5 Å². The van der Waals surface area contributed by atoms with Gasteiger partial charge in [0.2, 0.25) is 0 Å². The van der Waals surface area contributed by atoms with Gasteiger partial charge < -0.3 is 20.3 Å². The lowest BCUT2D eigenvalue weighted by Gasteiger charge is -2.35. The van der Waals surface area contributed by atoms with Crippen LogP contribution in [0, 0.1) is 5.92 Å². The number of alkyl carbamates (subject to hydrolysis) is 1. The Morgan fingerprint density at radius 2 is 1.75 bits per heavy atom. The molecule has 1 aromatic heterocycles. The molecule has 158 valence electrons. The Bertz CT molecular complexity index is 649. The van der Waals surface area contributed by atoms with Gasteiger partial charge in [0.15, 0.2) is 0 Å². The zero-order valence-corrected chi connectivity index (χ0v) is 18.5. The van der Waals surface area contributed by atoms with Crippen molar-refractivity contribution in [3.8, 4) is 0 Å². The van der Waals surface area contributed by atoms with Crippen LogP contribution in [0.3, 0.4) is 0 Å². The van der Waals surface area contributed by atoms with Crippen molar-refractivity contribution in [3.63, 3.8) is 0 Å². The second kappa shape index (κ2) is 9.75. The first-order valence-electron chi connectivity index (χ1n) is 9.92. The quantitative estimate of drug-likeness (QED) is 0.706. The lowest BCUT2D eigenvalue weighted by Crippen LogP contribution is -2.57. The Balaban J connectivity index is 2.82. The SMILES string of the molecule is CCN(CC)c1ccc(C(=O)NC(C)(CNC(=O)OC(C)(C)C)C(C)C)cn1. The first kappa shape index (κ1) is 23.7. The lowest BCUT2D eigenvalue weighted by molar-refractivity contribution is 0.0497. The van der Waals surface area contributed by atoms with Crippen LogP contribution in [0.4, 0.5) is 10.6 Å². The van der Waals surface area contributed by atoms with Crippen molar-refractivity contribution >= 4 is 17.8 Å². The summed E-state index contributed by atoms with van der Waals surface area (Å²) in [5, 5.41) is 5.80. The monoisotopic (exact) mass is 392 g/mol. The van der Waals surface area contributed by atoms with E-state index >= 15 is 0 Å². The normalized spacial score (nSPS) is 13.6. The van der Waals surface area contributed by atoms with E-state index in [-0.39, 0.29) is 18.4 Å². The van der Waals surface area contributed by atoms with Crippen molar-refractivity contribution in [2.45, 2.75) is 66.5 Å². The third-order valence-corrected chi connectivity index (χ3v) is 4.77. The summed E-state index contributed by atoms with van der Waals surface area (Å²) in [6, 6.07) is 3.63. The Kier molecular flexibility index (Phi) is 8.27. The summed E-state index contributed by atoms with van der Waals surface area (Å²) in [7, 11) is 0. The van der Waals surface area contributed by atoms with E-state index in [1.54, 1.807) is 12.3 Å². The molecule has 0 aromatic carbocycles. The molecule has 2 amide bonds. The van der Waals surface area contributed by atoms with Crippen LogP contribution in [0.2, 0.25) is 0 Å². The molecule has 7 nitrogen and oxygen atoms in total. The van der Waals surface area contributed by atoms with E-state index in [9.17, 15) is 9.59 Å². The minimum absolute atomic E-state index is 0.0919. The topological polar surface area (TPSA) is 83.6 Å². The Hall–Kier alpha value is -2.31. The Morgan fingerprint density at radius 3 is 2.18 bits per heavy atom. The molecule has 0 aliphatic rings. The molecule has 0 saturated heterocycles. The molecule has 1 unspecified atom stereocenters. The Labute approximate surface area is 169 Å². The Morgan fingerprint density at radius 1 is 1.14 bits per heavy atom. The van der Waals surface area contributed by atoms with E-state index in [1.165, 1.54) is 0 Å². The van der Waals surface area contributed by atoms with Gasteiger partial charge in [-0.1, -0.05) is 13.8 Å². The second-order valence-corrected chi connectivity index (χ2v) is 8.46. The maximum atomic E-state index is 12.7. The van der Waals surface area contributed by atoms with Crippen molar-refractivity contribution in [1.82, 2.24) is 15.6 Å². The number of anilines is 1. The fourth-order valence-electron chi connectivity index (χ4n) is 2.55. The largest absolute Gasteiger partial charge is 0.444 e. The lowest BCUT2D eigenvalue weighted by atomic mass is 9.88. The summed E-state index contributed by atoms with van der Waals surface area (Å²) in [5.74, 6) is 0.717. The van der Waals surface area contributed by atoms with Gasteiger partial charge in [-0.15, -0.1) is 0 Å². The molecule has 1 aromatic rings. The van der Waals surface area contributed by atoms with Crippen molar-refractivity contribution < 1.29 is 14.3 Å². The van der Waals surface area contributed by atoms with E-state index in [2.05, 4.69) is 34.4 Å². The molecule has 2 N–H and O–H groups in total. The zero-order chi connectivity index (χ0) is 21.5. The predicted molar refractivity (Wildman–Crippen MR) is 113 cm³/mol. The maximum absolute atomic E-state index is 12.7. The van der Waals surface area contributed by atoms with Gasteiger partial charge in [0, 0.05) is 25.8 Å². The highest BCUT2D eigenvalue weighted by atomic mass is 16.6. The molecular formula is C21H36N4O3. The standard InChI is InChI=1S/C21H36N4O3/c1-9-25(10-2)17-12-11-16(13-22-17)18(26)24-21(8,15(3)4)14-23-19(27)28-20(5,6)7/h11-13,15H,9-10,14H2,1-8H3,(H,23,27)(H,24,26). The van der Waals surface area contributed by atoms with Crippen LogP contribution in [0.15, 0.2) is 18.3 Å². The molecule has 1 atom stereocenters. The minimum atomic E-state index is -0.633. The number of carbonyl (C=O) groups excluding carboxylic acids is 2. The van der Waals surface area contributed by atoms with Crippen LogP contribution < -0.4 is 15.5 Å². The van der Waals surface area contributed by atoms with E-state index in [0.717, 1.165) is 18.9 Å². The summed E-state index contributed by atoms with van der Waals surface area (Å²) in [6.07, 6.45) is 1.09. The summed E-state index contributed by atoms with van der Waals surface area (Å²) < 4.78 is 5.28. The summed E-state index contributed by atoms with van der Waals surface area (Å²) in [6.45, 7) is 17.4. The fourth-order valence-corrected chi connectivity index (χ4v) is 2.55. The van der Waals surface area contributed by atoms with Gasteiger partial charge in [0.05, 0.1) is 11.1 Å². The van der Waals surface area contributed by atoms with Crippen molar-refractivity contribution in [3.05, 3.63) is 23.9 Å². The molecule has 1 heterocycles. The predicted octanol–water partition coefficient (Wildman–Crippen LogP) is 3.60. The van der Waals surface area contributed by atoms with Gasteiger partial charge in [-0.2, -0.15) is 0 Å². The third-order valence-electron chi connectivity index (χ3n) is 4.77. The average molecular weight is 393 g/mol. The smallest absolute Gasteiger partial charge is 0.407 e. The highest BCUT2D eigenvalue weighted by Crippen LogP contribution is 2.18. The highest BCUT2D eigenvalue weighted by molar-refractivity contribution is 5.94. The number of ether oxygens (including phenoxy) is 1. The second-order valence-electron chi connectivity index (χ2n) is 8.46. The molecule has 0 aliphatic heterocycles. The van der Waals surface area contributed by atoms with E-state index in [0.29, 0.717) is 5.56 Å². The molecule has 0 radical (unpaired) electrons. The number of nitrogens with one attached hydrogen (secondary N) is 2. The maximum Gasteiger partial charge on any atom is 0.407 e. The van der Waals surface area contributed by atoms with E-state index in [1.807, 2.05) is 47.6 Å². The molecule has 7 heteroatoms. The summed E-state index contributed by atoms with van der Waals surface area (Å²) in [5.41, 5.74) is -0.717. The van der Waals surface area contributed by atoms with E-state index < -0.39 is 17.2 Å². The molecule has 0 bridgehead atoms. The average Bonchev–Trinajstić information content (AvgIpc) is 2.60. The van der Waals surface area contributed by atoms with Crippen molar-refractivity contribution in [2.24, 2.45) is 5.92 Å². The number of nitrogens with zero attached hydrogens (tertiary/aromatic N) is 2. The number of rotatable bonds is 8. The number of amides is 2. The van der Waals surface area contributed by atoms with Crippen LogP contribution in [-0.2, 0) is 4.74 Å². The molecule has 0 saturated carbocycles. The highest BCUT2D eigenvalue weighted by Gasteiger charge is 2.32. The van der Waals surface area contributed by atoms with E-state index in [4.69, 9.17) is 4.74 Å². The fraction of sp³-hybridized carbons (Fsp3) is 0.667. The van der Waals surface area contributed by atoms with Crippen LogP contribution in [0.5, 0.6) is 0 Å². The van der Waals surface area contributed by atoms with Crippen LogP contribution in [0.1, 0.15) is 65.7 Å². The molecule has 0 spiro atoms. The zero-order valence-electron chi connectivity index (χ0n) is 18.5. The van der Waals surface area contributed by atoms with Gasteiger partial charge in [-0.05, 0) is 59.6 Å². The molecular weight excluding hydrogens is 356 g/mol. The van der Waals surface area contributed by atoms with Gasteiger partial charge in [0.25, 0.3) is 5.91 Å². The summed E-state index contributed by atoms with van der Waals surface area (Å²) in [4.78, 5) is 31.3. The third kappa shape index (κ3) is 7.02. The first-order chi connectivity index (χ1) is 12.9. The van der Waals surface area contributed by atoms with Crippen LogP contribution in [-0.4, -0.2) is 47.8 Å². The number of aromatic nitrogens is 1. The summed E-state index contributed by atoms with van der Waals surface area (Å²) >= 11 is 0. The number of hydrogen-bond donors (Lipinski definition) is 2. The number of carbonyl (C=O) groups is 2. The number of pyridine rings is 1. The van der Waals surface area contributed by atoms with Gasteiger partial charge in [0.1, 0.15) is 11.4 Å². The molecule has 1 rings (SSSR count). The van der Waals surface area contributed by atoms with Gasteiger partial charge >= 0.3 is 6.09 Å². The number of hydrogen-bond acceptors (Lipinski definition) is 5. The first-order valence-corrected chi connectivity index (χ1v) is 9.92. The molecule has 0 aliphatic carbocycles.